The zero-order valence-corrected chi connectivity index (χ0v) is 4.00. The van der Waals surface area contributed by atoms with Crippen molar-refractivity contribution in [3.05, 3.63) is 18.5 Å². The second kappa shape index (κ2) is 1.69. The molecule has 0 amide bonds. The number of rotatable bonds is 0. The molecule has 0 bridgehead atoms. The van der Waals surface area contributed by atoms with Crippen LogP contribution in [-0.4, -0.2) is 15.2 Å². The summed E-state index contributed by atoms with van der Waals surface area (Å²) in [7, 11) is 0. The van der Waals surface area contributed by atoms with E-state index in [0.29, 0.717) is 0 Å². The minimum Gasteiger partial charge on any atom is -0.506 e. The second-order valence-corrected chi connectivity index (χ2v) is 1.32. The summed E-state index contributed by atoms with van der Waals surface area (Å²) in [5, 5.41) is 17.1. The molecule has 1 radical (unpaired) electrons. The molecule has 0 saturated heterocycles. The first-order valence-corrected chi connectivity index (χ1v) is 2.05. The van der Waals surface area contributed by atoms with Gasteiger partial charge < -0.3 is 10.2 Å². The van der Waals surface area contributed by atoms with E-state index in [1.54, 1.807) is 0 Å². The third kappa shape index (κ3) is 0.872. The predicted molar refractivity (Wildman–Crippen MR) is 26.4 cm³/mol. The monoisotopic (exact) mass is 110 g/mol. The first kappa shape index (κ1) is 4.90. The first-order chi connectivity index (χ1) is 3.79. The van der Waals surface area contributed by atoms with Gasteiger partial charge in [0.05, 0.1) is 6.20 Å². The quantitative estimate of drug-likeness (QED) is 0.504. The number of aromatic nitrogens is 1. The lowest BCUT2D eigenvalue weighted by molar-refractivity contribution is 0.445. The standard InChI is InChI=1S/C5H4NO2/c7-4-1-5(8)3-6-2-4/h1-2,7-8H. The largest absolute Gasteiger partial charge is 0.506 e. The Bertz CT molecular complexity index is 170. The fourth-order valence-electron chi connectivity index (χ4n) is 0.374. The highest BCUT2D eigenvalue weighted by Crippen LogP contribution is 2.11. The Labute approximate surface area is 46.2 Å². The topological polar surface area (TPSA) is 53.4 Å². The number of pyridine rings is 1. The van der Waals surface area contributed by atoms with Crippen LogP contribution in [0, 0.1) is 6.20 Å². The van der Waals surface area contributed by atoms with Crippen LogP contribution in [0.15, 0.2) is 12.3 Å². The van der Waals surface area contributed by atoms with Gasteiger partial charge in [0.2, 0.25) is 0 Å². The van der Waals surface area contributed by atoms with Crippen LogP contribution in [0.3, 0.4) is 0 Å². The molecule has 3 nitrogen and oxygen atoms in total. The summed E-state index contributed by atoms with van der Waals surface area (Å²) in [6.07, 6.45) is 3.41. The molecule has 0 aliphatic rings. The van der Waals surface area contributed by atoms with Crippen LogP contribution in [-0.2, 0) is 0 Å². The Hall–Kier alpha value is -1.25. The molecule has 41 valence electrons. The van der Waals surface area contributed by atoms with Crippen molar-refractivity contribution in [2.24, 2.45) is 0 Å². The van der Waals surface area contributed by atoms with Crippen molar-refractivity contribution in [2.45, 2.75) is 0 Å². The van der Waals surface area contributed by atoms with Gasteiger partial charge in [-0.1, -0.05) is 0 Å². The van der Waals surface area contributed by atoms with Crippen LogP contribution in [0.4, 0.5) is 0 Å². The SMILES string of the molecule is Oc1[c]ncc(O)c1. The molecule has 0 atom stereocenters. The molecule has 0 aliphatic carbocycles. The molecule has 0 unspecified atom stereocenters. The predicted octanol–water partition coefficient (Wildman–Crippen LogP) is 0.293. The van der Waals surface area contributed by atoms with Crippen LogP contribution >= 0.6 is 0 Å². The number of aromatic hydroxyl groups is 2. The van der Waals surface area contributed by atoms with Crippen LogP contribution < -0.4 is 0 Å². The Morgan fingerprint density at radius 3 is 2.62 bits per heavy atom. The third-order valence-corrected chi connectivity index (χ3v) is 0.661. The van der Waals surface area contributed by atoms with E-state index in [1.807, 2.05) is 0 Å². The minimum atomic E-state index is -0.148. The number of hydrogen-bond donors (Lipinski definition) is 2. The zero-order valence-electron chi connectivity index (χ0n) is 4.00. The van der Waals surface area contributed by atoms with Gasteiger partial charge in [-0.2, -0.15) is 0 Å². The van der Waals surface area contributed by atoms with Crippen LogP contribution in [0.2, 0.25) is 0 Å². The normalized spacial score (nSPS) is 9.00. The Kier molecular flexibility index (Phi) is 1.04. The summed E-state index contributed by atoms with van der Waals surface area (Å²) < 4.78 is 0. The highest BCUT2D eigenvalue weighted by molar-refractivity contribution is 5.24. The Balaban J connectivity index is 3.08. The van der Waals surface area contributed by atoms with E-state index in [0.717, 1.165) is 6.07 Å². The maximum Gasteiger partial charge on any atom is 0.147 e. The second-order valence-electron chi connectivity index (χ2n) is 1.32. The molecule has 1 heterocycles. The first-order valence-electron chi connectivity index (χ1n) is 2.05. The molecule has 1 aromatic heterocycles. The average molecular weight is 110 g/mol. The summed E-state index contributed by atoms with van der Waals surface area (Å²) in [5.41, 5.74) is 0. The van der Waals surface area contributed by atoms with E-state index >= 15 is 0 Å². The summed E-state index contributed by atoms with van der Waals surface area (Å²) in [4.78, 5) is 3.36. The maximum atomic E-state index is 8.57. The van der Waals surface area contributed by atoms with Gasteiger partial charge in [-0.15, -0.1) is 0 Å². The van der Waals surface area contributed by atoms with Gasteiger partial charge in [0.25, 0.3) is 0 Å². The molecular weight excluding hydrogens is 106 g/mol. The Morgan fingerprint density at radius 1 is 1.50 bits per heavy atom. The van der Waals surface area contributed by atoms with Crippen molar-refractivity contribution < 1.29 is 10.2 Å². The van der Waals surface area contributed by atoms with Crippen LogP contribution in [0.5, 0.6) is 11.5 Å². The Morgan fingerprint density at radius 2 is 2.25 bits per heavy atom. The van der Waals surface area contributed by atoms with Crippen molar-refractivity contribution >= 4 is 0 Å². The van der Waals surface area contributed by atoms with E-state index in [-0.39, 0.29) is 11.5 Å². The van der Waals surface area contributed by atoms with E-state index in [9.17, 15) is 0 Å². The summed E-state index contributed by atoms with van der Waals surface area (Å²) >= 11 is 0. The zero-order chi connectivity index (χ0) is 5.98. The fraction of sp³-hybridized carbons (Fsp3) is 0. The van der Waals surface area contributed by atoms with Crippen molar-refractivity contribution in [1.29, 1.82) is 0 Å². The molecule has 0 aromatic carbocycles. The summed E-state index contributed by atoms with van der Waals surface area (Å²) in [5.74, 6) is -0.203. The van der Waals surface area contributed by atoms with Crippen LogP contribution in [0.25, 0.3) is 0 Å². The molecule has 2 N–H and O–H groups in total. The van der Waals surface area contributed by atoms with Crippen molar-refractivity contribution in [3.8, 4) is 11.5 Å². The smallest absolute Gasteiger partial charge is 0.147 e. The van der Waals surface area contributed by atoms with Gasteiger partial charge in [-0.3, -0.25) is 0 Å². The van der Waals surface area contributed by atoms with Gasteiger partial charge in [-0.25, -0.2) is 4.98 Å². The highest BCUT2D eigenvalue weighted by Gasteiger charge is 1.88. The molecule has 3 heteroatoms. The van der Waals surface area contributed by atoms with E-state index in [2.05, 4.69) is 11.2 Å². The molecule has 0 aliphatic heterocycles. The number of nitrogens with zero attached hydrogens (tertiary/aromatic N) is 1. The van der Waals surface area contributed by atoms with Crippen molar-refractivity contribution in [2.75, 3.05) is 0 Å². The van der Waals surface area contributed by atoms with Gasteiger partial charge in [-0.05, 0) is 0 Å². The third-order valence-electron chi connectivity index (χ3n) is 0.661. The minimum absolute atomic E-state index is 0.0544. The molecule has 0 saturated carbocycles. The van der Waals surface area contributed by atoms with Gasteiger partial charge in [0.15, 0.2) is 0 Å². The van der Waals surface area contributed by atoms with Crippen molar-refractivity contribution in [1.82, 2.24) is 4.98 Å². The molecule has 0 fully saturated rings. The highest BCUT2D eigenvalue weighted by atomic mass is 16.3. The van der Waals surface area contributed by atoms with Gasteiger partial charge in [0, 0.05) is 6.07 Å². The van der Waals surface area contributed by atoms with Gasteiger partial charge >= 0.3 is 0 Å². The lowest BCUT2D eigenvalue weighted by Gasteiger charge is -1.87. The lowest BCUT2D eigenvalue weighted by atomic mass is 10.4. The number of hydrogen-bond acceptors (Lipinski definition) is 3. The fourth-order valence-corrected chi connectivity index (χ4v) is 0.374. The van der Waals surface area contributed by atoms with E-state index in [4.69, 9.17) is 10.2 Å². The molecule has 1 rings (SSSR count). The molecule has 8 heavy (non-hydrogen) atoms. The van der Waals surface area contributed by atoms with E-state index < -0.39 is 0 Å². The molecule has 1 aromatic rings. The van der Waals surface area contributed by atoms with Crippen LogP contribution in [0.1, 0.15) is 0 Å². The summed E-state index contributed by atoms with van der Waals surface area (Å²) in [6.45, 7) is 0. The average Bonchev–Trinajstić information content (AvgIpc) is 1.64. The lowest BCUT2D eigenvalue weighted by Crippen LogP contribution is -1.69. The van der Waals surface area contributed by atoms with Crippen molar-refractivity contribution in [3.63, 3.8) is 0 Å². The maximum absolute atomic E-state index is 8.57. The summed E-state index contributed by atoms with van der Waals surface area (Å²) in [6, 6.07) is 1.16. The molecule has 0 spiro atoms. The van der Waals surface area contributed by atoms with E-state index in [1.165, 1.54) is 6.20 Å². The van der Waals surface area contributed by atoms with Gasteiger partial charge in [0.1, 0.15) is 17.7 Å². The molecular formula is C5H4NO2.